The fourth-order valence-electron chi connectivity index (χ4n) is 2.30. The van der Waals surface area contributed by atoms with Crippen molar-refractivity contribution < 1.29 is 14.3 Å². The van der Waals surface area contributed by atoms with Gasteiger partial charge in [-0.1, -0.05) is 64.5 Å². The number of esters is 1. The SMILES string of the molecule is O=C(/C=C/c1cccc(OC(=O)c2ccc(Br)cc2)c1)c1ccccc1. The van der Waals surface area contributed by atoms with Crippen LogP contribution in [0, 0.1) is 0 Å². The predicted octanol–water partition coefficient (Wildman–Crippen LogP) is 5.56. The van der Waals surface area contributed by atoms with Crippen molar-refractivity contribution in [2.75, 3.05) is 0 Å². The molecular weight excluding hydrogens is 392 g/mol. The molecule has 0 N–H and O–H groups in total. The van der Waals surface area contributed by atoms with E-state index in [2.05, 4.69) is 15.9 Å². The number of rotatable bonds is 5. The summed E-state index contributed by atoms with van der Waals surface area (Å²) in [7, 11) is 0. The molecule has 0 aliphatic carbocycles. The summed E-state index contributed by atoms with van der Waals surface area (Å²) >= 11 is 3.33. The average Bonchev–Trinajstić information content (AvgIpc) is 2.67. The molecule has 0 bridgehead atoms. The zero-order chi connectivity index (χ0) is 18.4. The number of allylic oxidation sites excluding steroid dienone is 1. The van der Waals surface area contributed by atoms with Crippen molar-refractivity contribution in [3.8, 4) is 5.75 Å². The van der Waals surface area contributed by atoms with Crippen LogP contribution in [0.3, 0.4) is 0 Å². The van der Waals surface area contributed by atoms with Crippen molar-refractivity contribution in [1.82, 2.24) is 0 Å². The standard InChI is InChI=1S/C22H15BrO3/c23-19-12-10-18(11-13-19)22(25)26-20-8-4-5-16(15-20)9-14-21(24)17-6-2-1-3-7-17/h1-15H/b14-9+. The first kappa shape index (κ1) is 17.8. The molecule has 128 valence electrons. The fourth-order valence-corrected chi connectivity index (χ4v) is 2.57. The average molecular weight is 407 g/mol. The van der Waals surface area contributed by atoms with Gasteiger partial charge in [-0.25, -0.2) is 4.79 Å². The van der Waals surface area contributed by atoms with Gasteiger partial charge in [0.15, 0.2) is 5.78 Å². The Kier molecular flexibility index (Phi) is 5.77. The number of halogens is 1. The van der Waals surface area contributed by atoms with E-state index in [0.717, 1.165) is 10.0 Å². The smallest absolute Gasteiger partial charge is 0.343 e. The van der Waals surface area contributed by atoms with Gasteiger partial charge in [0.05, 0.1) is 5.56 Å². The van der Waals surface area contributed by atoms with Crippen LogP contribution in [-0.2, 0) is 0 Å². The highest BCUT2D eigenvalue weighted by molar-refractivity contribution is 9.10. The number of hydrogen-bond donors (Lipinski definition) is 0. The molecule has 0 fully saturated rings. The molecule has 0 saturated carbocycles. The maximum atomic E-state index is 12.2. The number of carbonyl (C=O) groups excluding carboxylic acids is 2. The van der Waals surface area contributed by atoms with Crippen molar-refractivity contribution in [3.05, 3.63) is 106 Å². The third kappa shape index (κ3) is 4.77. The van der Waals surface area contributed by atoms with Crippen LogP contribution in [0.2, 0.25) is 0 Å². The Bertz CT molecular complexity index is 945. The van der Waals surface area contributed by atoms with Crippen LogP contribution in [0.1, 0.15) is 26.3 Å². The number of hydrogen-bond acceptors (Lipinski definition) is 3. The van der Waals surface area contributed by atoms with Crippen molar-refractivity contribution in [3.63, 3.8) is 0 Å². The van der Waals surface area contributed by atoms with Gasteiger partial charge >= 0.3 is 5.97 Å². The summed E-state index contributed by atoms with van der Waals surface area (Å²) in [5.41, 5.74) is 1.87. The zero-order valence-corrected chi connectivity index (χ0v) is 15.3. The monoisotopic (exact) mass is 406 g/mol. The highest BCUT2D eigenvalue weighted by Gasteiger charge is 2.08. The van der Waals surface area contributed by atoms with Crippen LogP contribution in [0.4, 0.5) is 0 Å². The molecule has 3 aromatic carbocycles. The van der Waals surface area contributed by atoms with Gasteiger partial charge in [-0.2, -0.15) is 0 Å². The van der Waals surface area contributed by atoms with Crippen LogP contribution in [-0.4, -0.2) is 11.8 Å². The minimum absolute atomic E-state index is 0.0807. The van der Waals surface area contributed by atoms with Gasteiger partial charge in [0.1, 0.15) is 5.75 Å². The maximum Gasteiger partial charge on any atom is 0.343 e. The third-order valence-electron chi connectivity index (χ3n) is 3.63. The number of carbonyl (C=O) groups is 2. The van der Waals surface area contributed by atoms with Gasteiger partial charge in [-0.3, -0.25) is 4.79 Å². The summed E-state index contributed by atoms with van der Waals surface area (Å²) in [5, 5.41) is 0. The van der Waals surface area contributed by atoms with Crippen molar-refractivity contribution in [2.45, 2.75) is 0 Å². The van der Waals surface area contributed by atoms with E-state index in [1.54, 1.807) is 60.7 Å². The Hall–Kier alpha value is -2.98. The molecule has 0 heterocycles. The van der Waals surface area contributed by atoms with Gasteiger partial charge in [-0.15, -0.1) is 0 Å². The Morgan fingerprint density at radius 2 is 1.54 bits per heavy atom. The van der Waals surface area contributed by atoms with E-state index in [9.17, 15) is 9.59 Å². The second-order valence-corrected chi connectivity index (χ2v) is 6.45. The molecule has 4 heteroatoms. The second kappa shape index (κ2) is 8.41. The van der Waals surface area contributed by atoms with Gasteiger partial charge in [0, 0.05) is 10.0 Å². The number of benzene rings is 3. The van der Waals surface area contributed by atoms with Crippen molar-refractivity contribution >= 4 is 33.8 Å². The third-order valence-corrected chi connectivity index (χ3v) is 4.16. The van der Waals surface area contributed by atoms with Gasteiger partial charge in [-0.05, 0) is 48.0 Å². The van der Waals surface area contributed by atoms with Crippen LogP contribution < -0.4 is 4.74 Å². The lowest BCUT2D eigenvalue weighted by atomic mass is 10.1. The first-order valence-corrected chi connectivity index (χ1v) is 8.76. The van der Waals surface area contributed by atoms with E-state index < -0.39 is 5.97 Å². The van der Waals surface area contributed by atoms with E-state index in [1.165, 1.54) is 6.08 Å². The summed E-state index contributed by atoms with van der Waals surface area (Å²) in [5.74, 6) is -0.0888. The van der Waals surface area contributed by atoms with Gasteiger partial charge < -0.3 is 4.74 Å². The summed E-state index contributed by atoms with van der Waals surface area (Å²) < 4.78 is 6.29. The predicted molar refractivity (Wildman–Crippen MR) is 105 cm³/mol. The molecular formula is C22H15BrO3. The Morgan fingerprint density at radius 3 is 2.27 bits per heavy atom. The molecule has 3 aromatic rings. The van der Waals surface area contributed by atoms with Crippen molar-refractivity contribution in [1.29, 1.82) is 0 Å². The Morgan fingerprint density at radius 1 is 0.808 bits per heavy atom. The van der Waals surface area contributed by atoms with E-state index in [0.29, 0.717) is 16.9 Å². The van der Waals surface area contributed by atoms with E-state index in [1.807, 2.05) is 24.3 Å². The zero-order valence-electron chi connectivity index (χ0n) is 13.8. The lowest BCUT2D eigenvalue weighted by Crippen LogP contribution is -2.08. The van der Waals surface area contributed by atoms with Crippen LogP contribution in [0.15, 0.2) is 89.4 Å². The van der Waals surface area contributed by atoms with Crippen molar-refractivity contribution in [2.24, 2.45) is 0 Å². The molecule has 26 heavy (non-hydrogen) atoms. The molecule has 0 aliphatic heterocycles. The Balaban J connectivity index is 1.70. The van der Waals surface area contributed by atoms with Gasteiger partial charge in [0.2, 0.25) is 0 Å². The fraction of sp³-hybridized carbons (Fsp3) is 0. The minimum Gasteiger partial charge on any atom is -0.423 e. The normalized spacial score (nSPS) is 10.7. The molecule has 3 nitrogen and oxygen atoms in total. The molecule has 0 amide bonds. The van der Waals surface area contributed by atoms with E-state index in [-0.39, 0.29) is 5.78 Å². The Labute approximate surface area is 160 Å². The molecule has 0 radical (unpaired) electrons. The van der Waals surface area contributed by atoms with E-state index in [4.69, 9.17) is 4.74 Å². The van der Waals surface area contributed by atoms with Gasteiger partial charge in [0.25, 0.3) is 0 Å². The first-order chi connectivity index (χ1) is 12.6. The number of ether oxygens (including phenoxy) is 1. The summed E-state index contributed by atoms with van der Waals surface area (Å²) in [4.78, 5) is 24.3. The molecule has 0 aliphatic rings. The first-order valence-electron chi connectivity index (χ1n) is 7.97. The van der Waals surface area contributed by atoms with E-state index >= 15 is 0 Å². The molecule has 3 rings (SSSR count). The molecule has 0 atom stereocenters. The van der Waals surface area contributed by atoms with Crippen LogP contribution in [0.5, 0.6) is 5.75 Å². The largest absolute Gasteiger partial charge is 0.423 e. The highest BCUT2D eigenvalue weighted by Crippen LogP contribution is 2.18. The van der Waals surface area contributed by atoms with Crippen LogP contribution in [0.25, 0.3) is 6.08 Å². The lowest BCUT2D eigenvalue weighted by molar-refractivity contribution is 0.0734. The van der Waals surface area contributed by atoms with Crippen LogP contribution >= 0.6 is 15.9 Å². The summed E-state index contributed by atoms with van der Waals surface area (Å²) in [6.07, 6.45) is 3.21. The number of ketones is 1. The molecule has 0 unspecified atom stereocenters. The quantitative estimate of drug-likeness (QED) is 0.241. The lowest BCUT2D eigenvalue weighted by Gasteiger charge is -2.05. The molecule has 0 aromatic heterocycles. The summed E-state index contributed by atoms with van der Waals surface area (Å²) in [6.45, 7) is 0. The highest BCUT2D eigenvalue weighted by atomic mass is 79.9. The molecule has 0 spiro atoms. The second-order valence-electron chi connectivity index (χ2n) is 5.53. The minimum atomic E-state index is -0.431. The maximum absolute atomic E-state index is 12.2. The summed E-state index contributed by atoms with van der Waals surface area (Å²) in [6, 6.07) is 23.0. The molecule has 0 saturated heterocycles. The topological polar surface area (TPSA) is 43.4 Å².